The standard InChI is InChI=1S/C14H19N3O/c1-14(2,3)12-7-8-13(18)11(10-12)6-4-5-9-16-17-15/h4,6-8,10,18H,5,9H2,1-3H3. The van der Waals surface area contributed by atoms with E-state index in [1.165, 1.54) is 5.56 Å². The first-order valence-corrected chi connectivity index (χ1v) is 5.96. The molecule has 0 aliphatic carbocycles. The van der Waals surface area contributed by atoms with Crippen molar-refractivity contribution < 1.29 is 5.11 Å². The van der Waals surface area contributed by atoms with E-state index in [9.17, 15) is 5.11 Å². The summed E-state index contributed by atoms with van der Waals surface area (Å²) in [5.41, 5.74) is 10.2. The van der Waals surface area contributed by atoms with Crippen molar-refractivity contribution in [1.82, 2.24) is 0 Å². The van der Waals surface area contributed by atoms with Gasteiger partial charge in [0.1, 0.15) is 5.75 Å². The largest absolute Gasteiger partial charge is 0.507 e. The molecule has 18 heavy (non-hydrogen) atoms. The number of phenolic OH excluding ortho intramolecular Hbond substituents is 1. The van der Waals surface area contributed by atoms with Gasteiger partial charge in [0.05, 0.1) is 0 Å². The van der Waals surface area contributed by atoms with Crippen molar-refractivity contribution in [1.29, 1.82) is 0 Å². The van der Waals surface area contributed by atoms with Crippen LogP contribution in [-0.2, 0) is 5.41 Å². The molecular weight excluding hydrogens is 226 g/mol. The van der Waals surface area contributed by atoms with Gasteiger partial charge in [-0.25, -0.2) is 0 Å². The second kappa shape index (κ2) is 6.12. The molecule has 0 bridgehead atoms. The summed E-state index contributed by atoms with van der Waals surface area (Å²) in [5, 5.41) is 13.2. The molecule has 0 aliphatic heterocycles. The van der Waals surface area contributed by atoms with Gasteiger partial charge in [0.15, 0.2) is 0 Å². The Balaban J connectivity index is 2.84. The zero-order chi connectivity index (χ0) is 13.6. The monoisotopic (exact) mass is 245 g/mol. The van der Waals surface area contributed by atoms with Crippen molar-refractivity contribution in [3.63, 3.8) is 0 Å². The maximum atomic E-state index is 9.77. The van der Waals surface area contributed by atoms with E-state index in [0.29, 0.717) is 13.0 Å². The lowest BCUT2D eigenvalue weighted by molar-refractivity contribution is 0.472. The lowest BCUT2D eigenvalue weighted by atomic mass is 9.86. The van der Waals surface area contributed by atoms with Crippen LogP contribution >= 0.6 is 0 Å². The van der Waals surface area contributed by atoms with Crippen LogP contribution in [0.3, 0.4) is 0 Å². The van der Waals surface area contributed by atoms with E-state index in [-0.39, 0.29) is 11.2 Å². The molecule has 4 nitrogen and oxygen atoms in total. The van der Waals surface area contributed by atoms with Crippen molar-refractivity contribution in [2.75, 3.05) is 6.54 Å². The SMILES string of the molecule is CC(C)(C)c1ccc(O)c(C=CCCN=[N+]=[N-])c1. The molecule has 0 fully saturated rings. The van der Waals surface area contributed by atoms with E-state index in [4.69, 9.17) is 5.53 Å². The summed E-state index contributed by atoms with van der Waals surface area (Å²) in [7, 11) is 0. The Morgan fingerprint density at radius 3 is 2.72 bits per heavy atom. The third-order valence-electron chi connectivity index (χ3n) is 2.65. The second-order valence-electron chi connectivity index (χ2n) is 5.17. The van der Waals surface area contributed by atoms with Gasteiger partial charge in [-0.15, -0.1) is 0 Å². The summed E-state index contributed by atoms with van der Waals surface area (Å²) in [5.74, 6) is 0.267. The summed E-state index contributed by atoms with van der Waals surface area (Å²) < 4.78 is 0. The highest BCUT2D eigenvalue weighted by atomic mass is 16.3. The maximum Gasteiger partial charge on any atom is 0.122 e. The van der Waals surface area contributed by atoms with Crippen LogP contribution in [0.5, 0.6) is 5.75 Å². The second-order valence-corrected chi connectivity index (χ2v) is 5.17. The fourth-order valence-electron chi connectivity index (χ4n) is 1.54. The van der Waals surface area contributed by atoms with Crippen molar-refractivity contribution in [2.24, 2.45) is 5.11 Å². The minimum absolute atomic E-state index is 0.0569. The lowest BCUT2D eigenvalue weighted by Gasteiger charge is -2.19. The predicted octanol–water partition coefficient (Wildman–Crippen LogP) is 4.40. The van der Waals surface area contributed by atoms with Gasteiger partial charge in [-0.3, -0.25) is 0 Å². The Morgan fingerprint density at radius 1 is 1.39 bits per heavy atom. The zero-order valence-electron chi connectivity index (χ0n) is 11.1. The molecule has 1 aromatic rings. The molecule has 0 amide bonds. The zero-order valence-corrected chi connectivity index (χ0v) is 11.1. The molecular formula is C14H19N3O. The molecule has 1 rings (SSSR count). The van der Waals surface area contributed by atoms with Gasteiger partial charge >= 0.3 is 0 Å². The maximum absolute atomic E-state index is 9.77. The molecule has 1 N–H and O–H groups in total. The van der Waals surface area contributed by atoms with Crippen LogP contribution in [0.1, 0.15) is 38.3 Å². The lowest BCUT2D eigenvalue weighted by Crippen LogP contribution is -2.10. The number of nitrogens with zero attached hydrogens (tertiary/aromatic N) is 3. The first kappa shape index (κ1) is 14.1. The van der Waals surface area contributed by atoms with Crippen LogP contribution in [0.25, 0.3) is 16.5 Å². The fraction of sp³-hybridized carbons (Fsp3) is 0.429. The third kappa shape index (κ3) is 4.15. The number of rotatable bonds is 4. The van der Waals surface area contributed by atoms with Gasteiger partial charge in [0.2, 0.25) is 0 Å². The van der Waals surface area contributed by atoms with E-state index in [2.05, 4.69) is 30.8 Å². The molecule has 0 aliphatic rings. The van der Waals surface area contributed by atoms with Gasteiger partial charge in [-0.05, 0) is 35.1 Å². The Labute approximate surface area is 108 Å². The molecule has 0 heterocycles. The molecule has 0 spiro atoms. The topological polar surface area (TPSA) is 69.0 Å². The average Bonchev–Trinajstić information content (AvgIpc) is 2.29. The normalized spacial score (nSPS) is 11.5. The fourth-order valence-corrected chi connectivity index (χ4v) is 1.54. The number of azide groups is 1. The van der Waals surface area contributed by atoms with Crippen LogP contribution in [-0.4, -0.2) is 11.7 Å². The quantitative estimate of drug-likeness (QED) is 0.363. The summed E-state index contributed by atoms with van der Waals surface area (Å²) in [4.78, 5) is 2.69. The van der Waals surface area contributed by atoms with Crippen LogP contribution in [0.15, 0.2) is 29.4 Å². The molecule has 0 unspecified atom stereocenters. The van der Waals surface area contributed by atoms with Crippen molar-refractivity contribution in [3.8, 4) is 5.75 Å². The Hall–Kier alpha value is -1.93. The van der Waals surface area contributed by atoms with Gasteiger partial charge in [0.25, 0.3) is 0 Å². The van der Waals surface area contributed by atoms with Gasteiger partial charge in [-0.1, -0.05) is 44.1 Å². The number of hydrogen-bond donors (Lipinski definition) is 1. The highest BCUT2D eigenvalue weighted by Crippen LogP contribution is 2.28. The Kier molecular flexibility index (Phi) is 4.81. The Bertz CT molecular complexity index is 480. The van der Waals surface area contributed by atoms with Crippen LogP contribution < -0.4 is 0 Å². The number of benzene rings is 1. The predicted molar refractivity (Wildman–Crippen MR) is 74.5 cm³/mol. The molecule has 1 aromatic carbocycles. The van der Waals surface area contributed by atoms with E-state index in [1.54, 1.807) is 6.07 Å². The van der Waals surface area contributed by atoms with E-state index < -0.39 is 0 Å². The summed E-state index contributed by atoms with van der Waals surface area (Å²) >= 11 is 0. The average molecular weight is 245 g/mol. The smallest absolute Gasteiger partial charge is 0.122 e. The highest BCUT2D eigenvalue weighted by Gasteiger charge is 2.14. The van der Waals surface area contributed by atoms with Gasteiger partial charge in [0, 0.05) is 17.0 Å². The summed E-state index contributed by atoms with van der Waals surface area (Å²) in [6.45, 7) is 6.84. The van der Waals surface area contributed by atoms with Crippen molar-refractivity contribution in [2.45, 2.75) is 32.6 Å². The Morgan fingerprint density at radius 2 is 2.11 bits per heavy atom. The first-order chi connectivity index (χ1) is 8.45. The molecule has 0 atom stereocenters. The van der Waals surface area contributed by atoms with E-state index in [1.807, 2.05) is 24.3 Å². The third-order valence-corrected chi connectivity index (χ3v) is 2.65. The number of aromatic hydroxyl groups is 1. The number of phenols is 1. The molecule has 96 valence electrons. The summed E-state index contributed by atoms with van der Waals surface area (Å²) in [6.07, 6.45) is 4.43. The van der Waals surface area contributed by atoms with Crippen LogP contribution in [0.2, 0.25) is 0 Å². The van der Waals surface area contributed by atoms with Crippen LogP contribution in [0, 0.1) is 0 Å². The van der Waals surface area contributed by atoms with Crippen molar-refractivity contribution in [3.05, 3.63) is 45.8 Å². The summed E-state index contributed by atoms with van der Waals surface area (Å²) in [6, 6.07) is 5.64. The molecule has 0 saturated heterocycles. The molecule has 0 aromatic heterocycles. The molecule has 0 saturated carbocycles. The molecule has 0 radical (unpaired) electrons. The van der Waals surface area contributed by atoms with E-state index in [0.717, 1.165) is 5.56 Å². The minimum atomic E-state index is 0.0569. The van der Waals surface area contributed by atoms with Crippen LogP contribution in [0.4, 0.5) is 0 Å². The van der Waals surface area contributed by atoms with Gasteiger partial charge in [-0.2, -0.15) is 0 Å². The highest BCUT2D eigenvalue weighted by molar-refractivity contribution is 5.58. The van der Waals surface area contributed by atoms with E-state index >= 15 is 0 Å². The molecule has 4 heteroatoms. The van der Waals surface area contributed by atoms with Crippen molar-refractivity contribution >= 4 is 6.08 Å². The number of hydrogen-bond acceptors (Lipinski definition) is 2. The minimum Gasteiger partial charge on any atom is -0.507 e. The first-order valence-electron chi connectivity index (χ1n) is 5.96. The van der Waals surface area contributed by atoms with Gasteiger partial charge < -0.3 is 5.11 Å².